The van der Waals surface area contributed by atoms with Crippen LogP contribution in [0.3, 0.4) is 0 Å². The lowest BCUT2D eigenvalue weighted by molar-refractivity contribution is 0.132. The highest BCUT2D eigenvalue weighted by atomic mass is 35.5. The number of halogens is 1. The molecule has 1 saturated heterocycles. The second kappa shape index (κ2) is 9.06. The second-order valence-electron chi connectivity index (χ2n) is 10.5. The van der Waals surface area contributed by atoms with E-state index in [9.17, 15) is 5.11 Å². The van der Waals surface area contributed by atoms with Crippen LogP contribution in [0.5, 0.6) is 0 Å². The van der Waals surface area contributed by atoms with Crippen LogP contribution in [0.15, 0.2) is 30.2 Å². The number of β-amino-alcohol motifs (C(OH)–C–C–N with tert-alkyl or cyclic N) is 1. The maximum atomic E-state index is 10.2. The van der Waals surface area contributed by atoms with Crippen molar-refractivity contribution in [3.63, 3.8) is 0 Å². The van der Waals surface area contributed by atoms with Gasteiger partial charge in [-0.25, -0.2) is 4.98 Å². The third-order valence-electron chi connectivity index (χ3n) is 7.48. The van der Waals surface area contributed by atoms with Crippen LogP contribution >= 0.6 is 11.6 Å². The maximum Gasteiger partial charge on any atom is 0.227 e. The Labute approximate surface area is 211 Å². The number of aromatic nitrogens is 2. The highest BCUT2D eigenvalue weighted by molar-refractivity contribution is 6.32. The Morgan fingerprint density at radius 3 is 2.89 bits per heavy atom. The number of rotatable bonds is 4. The Morgan fingerprint density at radius 1 is 1.23 bits per heavy atom. The number of fused-ring (bicyclic) bond motifs is 2. The largest absolute Gasteiger partial charge is 0.494 e. The van der Waals surface area contributed by atoms with Crippen molar-refractivity contribution in [1.82, 2.24) is 15.3 Å². The van der Waals surface area contributed by atoms with Crippen LogP contribution in [0.25, 0.3) is 5.70 Å². The number of aliphatic hydroxyl groups excluding tert-OH is 1. The zero-order valence-electron chi connectivity index (χ0n) is 20.3. The Hall–Kier alpha value is -2.71. The molecule has 4 aliphatic rings. The number of aliphatic hydroxyl groups is 1. The van der Waals surface area contributed by atoms with Gasteiger partial charge in [-0.05, 0) is 49.3 Å². The Kier molecular flexibility index (Phi) is 5.89. The first-order chi connectivity index (χ1) is 16.9. The molecule has 0 unspecified atom stereocenters. The number of nitrogens with zero attached hydrogens (tertiary/aromatic N) is 4. The summed E-state index contributed by atoms with van der Waals surface area (Å²) >= 11 is 6.50. The number of nitrogens with one attached hydrogen (secondary N) is 2. The van der Waals surface area contributed by atoms with Crippen LogP contribution in [0.2, 0.25) is 5.02 Å². The summed E-state index contributed by atoms with van der Waals surface area (Å²) in [6.45, 7) is 5.00. The highest BCUT2D eigenvalue weighted by Gasteiger charge is 2.36. The van der Waals surface area contributed by atoms with Gasteiger partial charge in [-0.2, -0.15) is 4.98 Å². The quantitative estimate of drug-likeness (QED) is 0.586. The number of hydrogen-bond donors (Lipinski definition) is 3. The molecule has 9 heteroatoms. The van der Waals surface area contributed by atoms with E-state index in [1.165, 1.54) is 18.5 Å². The monoisotopic (exact) mass is 496 g/mol. The highest BCUT2D eigenvalue weighted by Crippen LogP contribution is 2.41. The zero-order chi connectivity index (χ0) is 24.1. The van der Waals surface area contributed by atoms with Crippen molar-refractivity contribution < 1.29 is 9.84 Å². The van der Waals surface area contributed by atoms with Gasteiger partial charge in [-0.15, -0.1) is 0 Å². The molecule has 3 atom stereocenters. The topological polar surface area (TPSA) is 85.8 Å². The van der Waals surface area contributed by atoms with E-state index in [1.54, 1.807) is 6.20 Å². The Balaban J connectivity index is 1.29. The number of ether oxygens (including phenoxy) is 1. The Bertz CT molecular complexity index is 1140. The van der Waals surface area contributed by atoms with Gasteiger partial charge in [-0.3, -0.25) is 0 Å². The van der Waals surface area contributed by atoms with Gasteiger partial charge in [0.05, 0.1) is 31.1 Å². The minimum atomic E-state index is -0.372. The number of hydrogen-bond acceptors (Lipinski definition) is 8. The third-order valence-corrected chi connectivity index (χ3v) is 7.75. The zero-order valence-corrected chi connectivity index (χ0v) is 21.1. The third kappa shape index (κ3) is 4.61. The molecule has 1 aliphatic carbocycles. The van der Waals surface area contributed by atoms with E-state index >= 15 is 0 Å². The standard InChI is InChI=1S/C26H33ClN6O2/c1-15-9-18(34)13-33(12-15)26-28-11-20(27)25(31-26)29-17-5-6-22-19(10-17)24-23(14-32(22)2)35-8-7-21(30-24)16-3-4-16/h5-6,10-11,15-16,18,21,30,34H,3-4,7-9,12-14H2,1-2H3,(H,28,29,31)/t15-,18+,21-/m1/s1. The normalized spacial score (nSPS) is 26.3. The molecule has 0 spiro atoms. The van der Waals surface area contributed by atoms with Gasteiger partial charge in [0.15, 0.2) is 5.82 Å². The summed E-state index contributed by atoms with van der Waals surface area (Å²) in [5.41, 5.74) is 4.32. The van der Waals surface area contributed by atoms with Gasteiger partial charge in [0.1, 0.15) is 10.8 Å². The summed E-state index contributed by atoms with van der Waals surface area (Å²) < 4.78 is 6.21. The minimum Gasteiger partial charge on any atom is -0.494 e. The van der Waals surface area contributed by atoms with Gasteiger partial charge in [0, 0.05) is 49.5 Å². The van der Waals surface area contributed by atoms with Crippen molar-refractivity contribution in [1.29, 1.82) is 0 Å². The van der Waals surface area contributed by atoms with Crippen LogP contribution in [0.1, 0.15) is 38.2 Å². The fourth-order valence-electron chi connectivity index (χ4n) is 5.59. The van der Waals surface area contributed by atoms with Crippen molar-refractivity contribution in [2.24, 2.45) is 11.8 Å². The lowest BCUT2D eigenvalue weighted by Gasteiger charge is -2.34. The fourth-order valence-corrected chi connectivity index (χ4v) is 5.73. The molecule has 0 amide bonds. The summed E-state index contributed by atoms with van der Waals surface area (Å²) in [6, 6.07) is 6.81. The van der Waals surface area contributed by atoms with Gasteiger partial charge in [0.25, 0.3) is 0 Å². The first kappa shape index (κ1) is 22.7. The fraction of sp³-hybridized carbons (Fsp3) is 0.538. The summed E-state index contributed by atoms with van der Waals surface area (Å²) in [5, 5.41) is 17.9. The van der Waals surface area contributed by atoms with Crippen LogP contribution in [0, 0.1) is 11.8 Å². The van der Waals surface area contributed by atoms with E-state index in [0.717, 1.165) is 61.2 Å². The predicted octanol–water partition coefficient (Wildman–Crippen LogP) is 3.99. The predicted molar refractivity (Wildman–Crippen MR) is 139 cm³/mol. The van der Waals surface area contributed by atoms with Crippen LogP contribution in [-0.2, 0) is 4.74 Å². The lowest BCUT2D eigenvalue weighted by atomic mass is 9.98. The molecular formula is C26H33ClN6O2. The molecule has 1 saturated carbocycles. The molecule has 1 aromatic carbocycles. The molecule has 8 nitrogen and oxygen atoms in total. The van der Waals surface area contributed by atoms with E-state index < -0.39 is 0 Å². The van der Waals surface area contributed by atoms with Crippen molar-refractivity contribution in [3.8, 4) is 0 Å². The van der Waals surface area contributed by atoms with Gasteiger partial charge < -0.3 is 30.3 Å². The second-order valence-corrected chi connectivity index (χ2v) is 10.9. The minimum absolute atomic E-state index is 0.372. The van der Waals surface area contributed by atoms with Crippen molar-refractivity contribution in [3.05, 3.63) is 40.7 Å². The summed E-state index contributed by atoms with van der Waals surface area (Å²) in [6.07, 6.45) is 5.70. The summed E-state index contributed by atoms with van der Waals surface area (Å²) in [4.78, 5) is 13.4. The van der Waals surface area contributed by atoms with Crippen LogP contribution in [0.4, 0.5) is 23.1 Å². The SMILES string of the molecule is C[C@@H]1C[C@H](O)CN(c2ncc(Cl)c(Nc3ccc4c(c3)C3=C(CN4C)OCC[C@H](C4CC4)N3)n2)C1. The summed E-state index contributed by atoms with van der Waals surface area (Å²) in [7, 11) is 2.10. The number of anilines is 4. The van der Waals surface area contributed by atoms with Crippen molar-refractivity contribution in [2.75, 3.05) is 48.4 Å². The van der Waals surface area contributed by atoms with Crippen LogP contribution < -0.4 is 20.4 Å². The lowest BCUT2D eigenvalue weighted by Crippen LogP contribution is -2.43. The first-order valence-electron chi connectivity index (χ1n) is 12.6. The molecular weight excluding hydrogens is 464 g/mol. The van der Waals surface area contributed by atoms with Crippen molar-refractivity contribution in [2.45, 2.75) is 44.8 Å². The summed E-state index contributed by atoms with van der Waals surface area (Å²) in [5.74, 6) is 3.28. The number of benzene rings is 1. The molecule has 2 fully saturated rings. The average Bonchev–Trinajstić information content (AvgIpc) is 3.67. The molecule has 2 aromatic rings. The number of piperidine rings is 1. The molecule has 3 aliphatic heterocycles. The van der Waals surface area contributed by atoms with Gasteiger partial charge in [-0.1, -0.05) is 18.5 Å². The van der Waals surface area contributed by atoms with E-state index in [0.29, 0.717) is 35.3 Å². The molecule has 4 heterocycles. The molecule has 3 N–H and O–H groups in total. The maximum absolute atomic E-state index is 10.2. The van der Waals surface area contributed by atoms with Gasteiger partial charge >= 0.3 is 0 Å². The molecule has 1 aromatic heterocycles. The van der Waals surface area contributed by atoms with Gasteiger partial charge in [0.2, 0.25) is 5.95 Å². The first-order valence-corrected chi connectivity index (χ1v) is 13.0. The molecule has 0 bridgehead atoms. The molecule has 186 valence electrons. The smallest absolute Gasteiger partial charge is 0.227 e. The Morgan fingerprint density at radius 2 is 2.09 bits per heavy atom. The van der Waals surface area contributed by atoms with E-state index in [2.05, 4.69) is 52.7 Å². The van der Waals surface area contributed by atoms with E-state index in [-0.39, 0.29) is 6.10 Å². The molecule has 6 rings (SSSR count). The van der Waals surface area contributed by atoms with Crippen molar-refractivity contribution >= 4 is 40.4 Å². The molecule has 0 radical (unpaired) electrons. The van der Waals surface area contributed by atoms with Crippen LogP contribution in [-0.4, -0.2) is 60.5 Å². The number of likely N-dealkylation sites (N-methyl/N-ethyl adjacent to an activating group) is 1. The van der Waals surface area contributed by atoms with E-state index in [1.807, 2.05) is 4.90 Å². The van der Waals surface area contributed by atoms with E-state index in [4.69, 9.17) is 21.3 Å². The molecule has 35 heavy (non-hydrogen) atoms. The average molecular weight is 497 g/mol.